The summed E-state index contributed by atoms with van der Waals surface area (Å²) < 4.78 is 10.5. The average molecular weight is 251 g/mol. The first-order chi connectivity index (χ1) is 8.81. The lowest BCUT2D eigenvalue weighted by atomic mass is 10.0. The topological polar surface area (TPSA) is 30.5 Å². The summed E-state index contributed by atoms with van der Waals surface area (Å²) in [5.74, 6) is 0. The Kier molecular flexibility index (Phi) is 7.65. The van der Waals surface area contributed by atoms with Crippen molar-refractivity contribution in [1.29, 1.82) is 0 Å². The van der Waals surface area contributed by atoms with Gasteiger partial charge in [0.1, 0.15) is 0 Å². The summed E-state index contributed by atoms with van der Waals surface area (Å²) in [6, 6.07) is 9.11. The van der Waals surface area contributed by atoms with Crippen LogP contribution in [0.15, 0.2) is 24.3 Å². The van der Waals surface area contributed by atoms with Crippen LogP contribution in [0.25, 0.3) is 0 Å². The van der Waals surface area contributed by atoms with Crippen molar-refractivity contribution < 1.29 is 9.47 Å². The van der Waals surface area contributed by atoms with E-state index in [4.69, 9.17) is 9.47 Å². The van der Waals surface area contributed by atoms with E-state index in [9.17, 15) is 0 Å². The maximum atomic E-state index is 5.52. The Hall–Kier alpha value is -0.900. The third-order valence-corrected chi connectivity index (χ3v) is 3.09. The van der Waals surface area contributed by atoms with Gasteiger partial charge >= 0.3 is 0 Å². The van der Waals surface area contributed by atoms with Crippen LogP contribution in [0.2, 0.25) is 0 Å². The molecule has 0 fully saturated rings. The van der Waals surface area contributed by atoms with Crippen molar-refractivity contribution in [3.63, 3.8) is 0 Å². The number of rotatable bonds is 9. The Morgan fingerprint density at radius 3 is 2.72 bits per heavy atom. The fourth-order valence-corrected chi connectivity index (χ4v) is 1.95. The molecule has 3 nitrogen and oxygen atoms in total. The summed E-state index contributed by atoms with van der Waals surface area (Å²) in [6.07, 6.45) is 2.06. The van der Waals surface area contributed by atoms with E-state index < -0.39 is 0 Å². The molecule has 3 heteroatoms. The summed E-state index contributed by atoms with van der Waals surface area (Å²) in [4.78, 5) is 0. The number of methoxy groups -OCH3 is 1. The van der Waals surface area contributed by atoms with E-state index in [0.717, 1.165) is 19.4 Å². The van der Waals surface area contributed by atoms with E-state index >= 15 is 0 Å². The molecule has 18 heavy (non-hydrogen) atoms. The molecule has 0 aliphatic rings. The summed E-state index contributed by atoms with van der Waals surface area (Å²) >= 11 is 0. The van der Waals surface area contributed by atoms with Gasteiger partial charge in [-0.15, -0.1) is 0 Å². The number of benzene rings is 1. The monoisotopic (exact) mass is 251 g/mol. The predicted octanol–water partition coefficient (Wildman–Crippen LogP) is 2.56. The fourth-order valence-electron chi connectivity index (χ4n) is 1.95. The van der Waals surface area contributed by atoms with Crippen LogP contribution in [0.5, 0.6) is 0 Å². The van der Waals surface area contributed by atoms with Gasteiger partial charge in [0.05, 0.1) is 13.2 Å². The van der Waals surface area contributed by atoms with E-state index in [-0.39, 0.29) is 0 Å². The van der Waals surface area contributed by atoms with Gasteiger partial charge < -0.3 is 14.8 Å². The summed E-state index contributed by atoms with van der Waals surface area (Å²) in [5, 5.41) is 3.35. The Morgan fingerprint density at radius 2 is 2.06 bits per heavy atom. The molecule has 0 spiro atoms. The highest BCUT2D eigenvalue weighted by atomic mass is 16.5. The maximum absolute atomic E-state index is 5.52. The fraction of sp³-hybridized carbons (Fsp3) is 0.600. The molecule has 0 aliphatic carbocycles. The molecule has 0 amide bonds. The molecule has 1 aromatic carbocycles. The summed E-state index contributed by atoms with van der Waals surface area (Å²) in [6.45, 7) is 4.27. The largest absolute Gasteiger partial charge is 0.382 e. The Bertz CT molecular complexity index is 328. The molecule has 1 aromatic rings. The lowest BCUT2D eigenvalue weighted by molar-refractivity contribution is 0.0661. The molecule has 0 radical (unpaired) electrons. The van der Waals surface area contributed by atoms with E-state index in [1.807, 2.05) is 7.05 Å². The predicted molar refractivity (Wildman–Crippen MR) is 74.9 cm³/mol. The molecule has 0 aromatic heterocycles. The Labute approximate surface area is 110 Å². The van der Waals surface area contributed by atoms with Gasteiger partial charge in [-0.25, -0.2) is 0 Å². The van der Waals surface area contributed by atoms with Crippen molar-refractivity contribution in [2.24, 2.45) is 0 Å². The highest BCUT2D eigenvalue weighted by Crippen LogP contribution is 2.18. The summed E-state index contributed by atoms with van der Waals surface area (Å²) in [7, 11) is 3.69. The third-order valence-electron chi connectivity index (χ3n) is 3.09. The van der Waals surface area contributed by atoms with Crippen molar-refractivity contribution in [2.45, 2.75) is 25.8 Å². The molecule has 0 saturated carbocycles. The number of hydrogen-bond donors (Lipinski definition) is 1. The Morgan fingerprint density at radius 1 is 1.22 bits per heavy atom. The summed E-state index contributed by atoms with van der Waals surface area (Å²) in [5.41, 5.74) is 2.72. The minimum Gasteiger partial charge on any atom is -0.382 e. The molecular weight excluding hydrogens is 226 g/mol. The van der Waals surface area contributed by atoms with Crippen molar-refractivity contribution >= 4 is 0 Å². The molecule has 102 valence electrons. The van der Waals surface area contributed by atoms with Gasteiger partial charge in [-0.2, -0.15) is 0 Å². The second-order valence-electron chi connectivity index (χ2n) is 4.33. The number of nitrogens with one attached hydrogen (secondary N) is 1. The number of hydrogen-bond acceptors (Lipinski definition) is 3. The third kappa shape index (κ3) is 5.17. The molecular formula is C15H25NO2. The molecule has 1 N–H and O–H groups in total. The minimum absolute atomic E-state index is 0.360. The van der Waals surface area contributed by atoms with Crippen LogP contribution in [-0.2, 0) is 15.9 Å². The number of ether oxygens (including phenoxy) is 2. The van der Waals surface area contributed by atoms with Gasteiger partial charge in [0, 0.05) is 19.8 Å². The zero-order valence-corrected chi connectivity index (χ0v) is 11.7. The Balaban J connectivity index is 2.44. The smallest absolute Gasteiger partial charge is 0.0700 e. The second-order valence-corrected chi connectivity index (χ2v) is 4.33. The molecule has 0 aliphatic heterocycles. The molecule has 0 saturated heterocycles. The SMILES string of the molecule is CCc1cccc(C(CCOCCOC)NC)c1. The maximum Gasteiger partial charge on any atom is 0.0700 e. The van der Waals surface area contributed by atoms with Gasteiger partial charge in [0.25, 0.3) is 0 Å². The molecule has 0 heterocycles. The minimum atomic E-state index is 0.360. The second kappa shape index (κ2) is 9.09. The van der Waals surface area contributed by atoms with Crippen molar-refractivity contribution in [2.75, 3.05) is 34.0 Å². The first-order valence-electron chi connectivity index (χ1n) is 6.64. The van der Waals surface area contributed by atoms with Gasteiger partial charge in [0.15, 0.2) is 0 Å². The van der Waals surface area contributed by atoms with Gasteiger partial charge in [-0.05, 0) is 31.0 Å². The highest BCUT2D eigenvalue weighted by Gasteiger charge is 2.09. The van der Waals surface area contributed by atoms with Crippen molar-refractivity contribution in [3.8, 4) is 0 Å². The van der Waals surface area contributed by atoms with Gasteiger partial charge in [0.2, 0.25) is 0 Å². The van der Waals surface area contributed by atoms with Crippen molar-refractivity contribution in [3.05, 3.63) is 35.4 Å². The van der Waals surface area contributed by atoms with Crippen molar-refractivity contribution in [1.82, 2.24) is 5.32 Å². The van der Waals surface area contributed by atoms with Crippen LogP contribution in [0, 0.1) is 0 Å². The van der Waals surface area contributed by atoms with Crippen LogP contribution in [0.3, 0.4) is 0 Å². The normalized spacial score (nSPS) is 12.6. The van der Waals surface area contributed by atoms with Crippen LogP contribution < -0.4 is 5.32 Å². The molecule has 1 rings (SSSR count). The van der Waals surface area contributed by atoms with E-state index in [0.29, 0.717) is 19.3 Å². The quantitative estimate of drug-likeness (QED) is 0.684. The van der Waals surface area contributed by atoms with Crippen LogP contribution in [0.1, 0.15) is 30.5 Å². The zero-order chi connectivity index (χ0) is 13.2. The first-order valence-corrected chi connectivity index (χ1v) is 6.64. The van der Waals surface area contributed by atoms with Crippen LogP contribution in [0.4, 0.5) is 0 Å². The van der Waals surface area contributed by atoms with E-state index in [1.165, 1.54) is 11.1 Å². The molecule has 0 bridgehead atoms. The van der Waals surface area contributed by atoms with E-state index in [2.05, 4.69) is 36.5 Å². The lowest BCUT2D eigenvalue weighted by Crippen LogP contribution is -2.19. The molecule has 1 atom stereocenters. The zero-order valence-electron chi connectivity index (χ0n) is 11.7. The number of aryl methyl sites for hydroxylation is 1. The van der Waals surface area contributed by atoms with Crippen LogP contribution in [-0.4, -0.2) is 34.0 Å². The standard InChI is InChI=1S/C15H25NO2/c1-4-13-6-5-7-14(12-13)15(16-2)8-9-18-11-10-17-3/h5-7,12,15-16H,4,8-11H2,1-3H3. The first kappa shape index (κ1) is 15.2. The lowest BCUT2D eigenvalue weighted by Gasteiger charge is -2.17. The van der Waals surface area contributed by atoms with Gasteiger partial charge in [-0.1, -0.05) is 31.2 Å². The van der Waals surface area contributed by atoms with Gasteiger partial charge in [-0.3, -0.25) is 0 Å². The average Bonchev–Trinajstić information content (AvgIpc) is 2.43. The van der Waals surface area contributed by atoms with Crippen LogP contribution >= 0.6 is 0 Å². The highest BCUT2D eigenvalue weighted by molar-refractivity contribution is 5.26. The van der Waals surface area contributed by atoms with E-state index in [1.54, 1.807) is 7.11 Å². The molecule has 1 unspecified atom stereocenters.